The molecule has 0 aliphatic rings. The van der Waals surface area contributed by atoms with Gasteiger partial charge in [-0.2, -0.15) is 0 Å². The molecule has 1 aromatic carbocycles. The van der Waals surface area contributed by atoms with Gasteiger partial charge in [-0.15, -0.1) is 24.8 Å². The number of benzene rings is 1. The number of fused-ring (bicyclic) bond motifs is 1. The van der Waals surface area contributed by atoms with Crippen molar-refractivity contribution in [1.82, 2.24) is 19.4 Å². The number of carbonyl (C=O) groups is 1. The summed E-state index contributed by atoms with van der Waals surface area (Å²) in [4.78, 5) is 41.2. The monoisotopic (exact) mass is 439 g/mol. The molecule has 0 radical (unpaired) electrons. The highest BCUT2D eigenvalue weighted by Crippen LogP contribution is 2.17. The van der Waals surface area contributed by atoms with Gasteiger partial charge in [0.05, 0.1) is 10.9 Å². The Kier molecular flexibility index (Phi) is 8.57. The molecule has 0 atom stereocenters. The second-order valence-electron chi connectivity index (χ2n) is 6.19. The van der Waals surface area contributed by atoms with Gasteiger partial charge in [-0.25, -0.2) is 9.78 Å². The van der Waals surface area contributed by atoms with Crippen molar-refractivity contribution in [2.45, 2.75) is 13.5 Å². The first-order chi connectivity index (χ1) is 12.9. The van der Waals surface area contributed by atoms with Crippen LogP contribution < -0.4 is 21.9 Å². The Balaban J connectivity index is 0.00000210. The van der Waals surface area contributed by atoms with Gasteiger partial charge in [-0.1, -0.05) is 25.1 Å². The molecule has 0 aliphatic carbocycles. The lowest BCUT2D eigenvalue weighted by molar-refractivity contribution is 0.102. The van der Waals surface area contributed by atoms with Gasteiger partial charge in [0.2, 0.25) is 0 Å². The Morgan fingerprint density at radius 3 is 2.48 bits per heavy atom. The summed E-state index contributed by atoms with van der Waals surface area (Å²) in [5.41, 5.74) is 1.19. The molecule has 2 N–H and O–H groups in total. The average Bonchev–Trinajstić information content (AvgIpc) is 2.69. The van der Waals surface area contributed by atoms with E-state index in [0.717, 1.165) is 16.7 Å². The fourth-order valence-electron chi connectivity index (χ4n) is 2.84. The van der Waals surface area contributed by atoms with E-state index in [1.807, 2.05) is 31.2 Å². The summed E-state index contributed by atoms with van der Waals surface area (Å²) in [6, 6.07) is 8.97. The van der Waals surface area contributed by atoms with E-state index < -0.39 is 11.2 Å². The molecule has 3 rings (SSSR count). The Morgan fingerprint density at radius 2 is 1.79 bits per heavy atom. The molecular weight excluding hydrogens is 417 g/mol. The van der Waals surface area contributed by atoms with Gasteiger partial charge >= 0.3 is 5.69 Å². The van der Waals surface area contributed by atoms with Gasteiger partial charge in [0.1, 0.15) is 5.65 Å². The largest absolute Gasteiger partial charge is 0.332 e. The van der Waals surface area contributed by atoms with Crippen LogP contribution in [0.15, 0.2) is 46.1 Å². The molecule has 1 amide bonds. The maximum atomic E-state index is 12.7. The number of halogens is 2. The molecule has 0 spiro atoms. The van der Waals surface area contributed by atoms with Crippen LogP contribution in [0.3, 0.4) is 0 Å². The smallest absolute Gasteiger partial charge is 0.322 e. The molecule has 2 heterocycles. The van der Waals surface area contributed by atoms with Crippen molar-refractivity contribution in [3.63, 3.8) is 0 Å². The van der Waals surface area contributed by atoms with E-state index in [9.17, 15) is 14.4 Å². The molecule has 0 saturated carbocycles. The second-order valence-corrected chi connectivity index (χ2v) is 6.19. The Morgan fingerprint density at radius 1 is 1.10 bits per heavy atom. The lowest BCUT2D eigenvalue weighted by atomic mass is 10.1. The van der Waals surface area contributed by atoms with Crippen LogP contribution in [0.2, 0.25) is 0 Å². The minimum atomic E-state index is -0.484. The molecule has 10 heteroatoms. The molecule has 156 valence electrons. The predicted octanol–water partition coefficient (Wildman–Crippen LogP) is 1.84. The first-order valence-corrected chi connectivity index (χ1v) is 8.59. The molecule has 0 bridgehead atoms. The van der Waals surface area contributed by atoms with E-state index in [2.05, 4.69) is 15.6 Å². The number of amides is 1. The number of nitrogens with one attached hydrogen (secondary N) is 2. The van der Waals surface area contributed by atoms with Crippen LogP contribution in [0.5, 0.6) is 0 Å². The van der Waals surface area contributed by atoms with Crippen molar-refractivity contribution in [3.8, 4) is 0 Å². The standard InChI is InChI=1S/C19H21N5O3.2ClH/c1-4-20-10-12-7-5-6-8-15(12)22-17(25)13-9-14-16(21-11-13)23(2)19(27)24(3)18(14)26;;/h5-9,11,20H,4,10H2,1-3H3,(H,22,25);2*1H. The lowest BCUT2D eigenvalue weighted by Crippen LogP contribution is -2.37. The van der Waals surface area contributed by atoms with Crippen molar-refractivity contribution >= 4 is 47.4 Å². The molecule has 3 aromatic rings. The van der Waals surface area contributed by atoms with E-state index in [-0.39, 0.29) is 47.3 Å². The third kappa shape index (κ3) is 4.84. The van der Waals surface area contributed by atoms with Crippen LogP contribution in [0.25, 0.3) is 11.0 Å². The number of para-hydroxylation sites is 1. The molecule has 0 aliphatic heterocycles. The number of nitrogens with zero attached hydrogens (tertiary/aromatic N) is 3. The third-order valence-electron chi connectivity index (χ3n) is 4.39. The lowest BCUT2D eigenvalue weighted by Gasteiger charge is -2.12. The Bertz CT molecular complexity index is 1140. The van der Waals surface area contributed by atoms with Gasteiger partial charge in [0, 0.05) is 32.5 Å². The molecular formula is C19H23Cl2N5O3. The fourth-order valence-corrected chi connectivity index (χ4v) is 2.84. The molecule has 0 saturated heterocycles. The van der Waals surface area contributed by atoms with Crippen LogP contribution in [-0.2, 0) is 20.6 Å². The first-order valence-electron chi connectivity index (χ1n) is 8.59. The van der Waals surface area contributed by atoms with Crippen LogP contribution in [0.4, 0.5) is 5.69 Å². The number of rotatable bonds is 5. The maximum Gasteiger partial charge on any atom is 0.332 e. The van der Waals surface area contributed by atoms with Crippen molar-refractivity contribution in [2.24, 2.45) is 14.1 Å². The quantitative estimate of drug-likeness (QED) is 0.631. The number of aromatic nitrogens is 3. The summed E-state index contributed by atoms with van der Waals surface area (Å²) >= 11 is 0. The van der Waals surface area contributed by atoms with Crippen LogP contribution in [0, 0.1) is 0 Å². The van der Waals surface area contributed by atoms with Crippen molar-refractivity contribution < 1.29 is 4.79 Å². The number of hydrogen-bond donors (Lipinski definition) is 2. The number of anilines is 1. The highest BCUT2D eigenvalue weighted by molar-refractivity contribution is 6.05. The molecule has 29 heavy (non-hydrogen) atoms. The maximum absolute atomic E-state index is 12.7. The van der Waals surface area contributed by atoms with E-state index in [1.165, 1.54) is 30.9 Å². The number of hydrogen-bond acceptors (Lipinski definition) is 5. The van der Waals surface area contributed by atoms with Crippen molar-refractivity contribution in [1.29, 1.82) is 0 Å². The number of pyridine rings is 1. The summed E-state index contributed by atoms with van der Waals surface area (Å²) in [5, 5.41) is 6.31. The van der Waals surface area contributed by atoms with E-state index >= 15 is 0 Å². The zero-order valence-electron chi connectivity index (χ0n) is 16.3. The van der Waals surface area contributed by atoms with E-state index in [4.69, 9.17) is 0 Å². The molecule has 0 fully saturated rings. The minimum absolute atomic E-state index is 0. The summed E-state index contributed by atoms with van der Waals surface area (Å²) < 4.78 is 2.28. The van der Waals surface area contributed by atoms with E-state index in [1.54, 1.807) is 0 Å². The minimum Gasteiger partial charge on any atom is -0.322 e. The van der Waals surface area contributed by atoms with E-state index in [0.29, 0.717) is 12.2 Å². The number of aryl methyl sites for hydroxylation is 1. The van der Waals surface area contributed by atoms with Crippen molar-refractivity contribution in [2.75, 3.05) is 11.9 Å². The predicted molar refractivity (Wildman–Crippen MR) is 118 cm³/mol. The fraction of sp³-hybridized carbons (Fsp3) is 0.263. The van der Waals surface area contributed by atoms with Gasteiger partial charge < -0.3 is 10.6 Å². The van der Waals surface area contributed by atoms with Gasteiger partial charge in [0.15, 0.2) is 0 Å². The zero-order valence-corrected chi connectivity index (χ0v) is 17.9. The first kappa shape index (κ1) is 24.4. The third-order valence-corrected chi connectivity index (χ3v) is 4.39. The summed E-state index contributed by atoms with van der Waals surface area (Å²) in [6.07, 6.45) is 1.36. The molecule has 0 unspecified atom stereocenters. The Hall–Kier alpha value is -2.68. The average molecular weight is 440 g/mol. The Labute approximate surface area is 179 Å². The van der Waals surface area contributed by atoms with Gasteiger partial charge in [0.25, 0.3) is 11.5 Å². The summed E-state index contributed by atoms with van der Waals surface area (Å²) in [6.45, 7) is 3.46. The SMILES string of the molecule is CCNCc1ccccc1NC(=O)c1cnc2c(c1)c(=O)n(C)c(=O)n2C.Cl.Cl. The van der Waals surface area contributed by atoms with Crippen LogP contribution in [0.1, 0.15) is 22.8 Å². The highest BCUT2D eigenvalue weighted by atomic mass is 35.5. The zero-order chi connectivity index (χ0) is 19.6. The summed E-state index contributed by atoms with van der Waals surface area (Å²) in [7, 11) is 2.93. The van der Waals surface area contributed by atoms with Gasteiger partial charge in [-0.05, 0) is 24.2 Å². The molecule has 2 aromatic heterocycles. The normalized spacial score (nSPS) is 10.2. The highest BCUT2D eigenvalue weighted by Gasteiger charge is 2.14. The second kappa shape index (κ2) is 10.2. The van der Waals surface area contributed by atoms with Gasteiger partial charge in [-0.3, -0.25) is 18.7 Å². The molecule has 8 nitrogen and oxygen atoms in total. The van der Waals surface area contributed by atoms with Crippen molar-refractivity contribution in [3.05, 3.63) is 68.5 Å². The van der Waals surface area contributed by atoms with Crippen LogP contribution >= 0.6 is 24.8 Å². The topological polar surface area (TPSA) is 98.0 Å². The van der Waals surface area contributed by atoms with Crippen LogP contribution in [-0.4, -0.2) is 26.6 Å². The summed E-state index contributed by atoms with van der Waals surface area (Å²) in [5.74, 6) is -0.371. The number of carbonyl (C=O) groups excluding carboxylic acids is 1.